The Labute approximate surface area is 208 Å². The van der Waals surface area contributed by atoms with Crippen LogP contribution in [0.3, 0.4) is 0 Å². The minimum atomic E-state index is -4.23. The molecule has 0 bridgehead atoms. The minimum Gasteiger partial charge on any atom is -0.465 e. The summed E-state index contributed by atoms with van der Waals surface area (Å²) in [7, 11) is -4.23. The normalized spacial score (nSPS) is 10.8. The predicted octanol–water partition coefficient (Wildman–Crippen LogP) is 0.650. The fourth-order valence-corrected chi connectivity index (χ4v) is 3.74. The summed E-state index contributed by atoms with van der Waals surface area (Å²) in [6.07, 6.45) is 1.68. The van der Waals surface area contributed by atoms with Crippen molar-refractivity contribution in [2.75, 3.05) is 32.9 Å². The minimum absolute atomic E-state index is 0.0783. The molecule has 194 valence electrons. The number of nitrogens with one attached hydrogen (secondary N) is 3. The van der Waals surface area contributed by atoms with Gasteiger partial charge in [0.2, 0.25) is 0 Å². The summed E-state index contributed by atoms with van der Waals surface area (Å²) in [5.41, 5.74) is 0.0757. The van der Waals surface area contributed by atoms with E-state index < -0.39 is 27.8 Å². The molecule has 12 nitrogen and oxygen atoms in total. The molecule has 0 radical (unpaired) electrons. The van der Waals surface area contributed by atoms with E-state index in [2.05, 4.69) is 15.6 Å². The third-order valence-corrected chi connectivity index (χ3v) is 5.91. The van der Waals surface area contributed by atoms with Gasteiger partial charge >= 0.3 is 5.97 Å². The number of esters is 1. The molecular formula is C23H28N4O8S. The Bertz CT molecular complexity index is 1170. The smallest absolute Gasteiger partial charge is 0.325 e. The topological polar surface area (TPSA) is 170 Å². The Balaban J connectivity index is 1.94. The molecule has 2 aromatic rings. The van der Waals surface area contributed by atoms with E-state index in [1.807, 2.05) is 11.6 Å². The molecule has 0 spiro atoms. The fraction of sp³-hybridized carbons (Fsp3) is 0.348. The summed E-state index contributed by atoms with van der Waals surface area (Å²) >= 11 is 0. The van der Waals surface area contributed by atoms with E-state index in [1.165, 1.54) is 36.4 Å². The highest BCUT2D eigenvalue weighted by Gasteiger charge is 2.20. The van der Waals surface area contributed by atoms with E-state index in [4.69, 9.17) is 9.47 Å². The molecular weight excluding hydrogens is 492 g/mol. The maximum absolute atomic E-state index is 12.6. The molecule has 1 heterocycles. The van der Waals surface area contributed by atoms with Gasteiger partial charge in [-0.3, -0.25) is 24.2 Å². The van der Waals surface area contributed by atoms with Crippen LogP contribution in [0, 0.1) is 0 Å². The van der Waals surface area contributed by atoms with E-state index in [1.54, 1.807) is 6.92 Å². The quantitative estimate of drug-likeness (QED) is 0.253. The Morgan fingerprint density at radius 2 is 1.56 bits per heavy atom. The van der Waals surface area contributed by atoms with Gasteiger partial charge in [-0.1, -0.05) is 0 Å². The van der Waals surface area contributed by atoms with Crippen molar-refractivity contribution in [1.82, 2.24) is 20.3 Å². The van der Waals surface area contributed by atoms with Crippen molar-refractivity contribution in [3.63, 3.8) is 0 Å². The highest BCUT2D eigenvalue weighted by Crippen LogP contribution is 2.12. The molecule has 0 aliphatic carbocycles. The Morgan fingerprint density at radius 1 is 0.861 bits per heavy atom. The van der Waals surface area contributed by atoms with Crippen LogP contribution in [0.1, 0.15) is 51.5 Å². The standard InChI is InChI=1S/C23H28N4O8S/c1-3-34-13-5-12-24-21(29)16-6-9-18(10-7-16)36(32,33)27-22(30)17-8-11-19(25-14-17)23(31)26-15-20(28)35-4-2/h6-11,14H,3-5,12-13,15H2,1-2H3,(H,24,29)(H,26,31)(H,27,30). The van der Waals surface area contributed by atoms with E-state index in [0.717, 1.165) is 6.20 Å². The van der Waals surface area contributed by atoms with Crippen molar-refractivity contribution < 1.29 is 37.1 Å². The Morgan fingerprint density at radius 3 is 2.17 bits per heavy atom. The van der Waals surface area contributed by atoms with Crippen molar-refractivity contribution in [1.29, 1.82) is 0 Å². The first kappa shape index (κ1) is 28.4. The first-order valence-electron chi connectivity index (χ1n) is 11.1. The van der Waals surface area contributed by atoms with E-state index >= 15 is 0 Å². The van der Waals surface area contributed by atoms with Gasteiger partial charge in [-0.2, -0.15) is 0 Å². The third-order valence-electron chi connectivity index (χ3n) is 4.57. The van der Waals surface area contributed by atoms with Gasteiger partial charge in [0.05, 0.1) is 17.1 Å². The molecule has 36 heavy (non-hydrogen) atoms. The number of amides is 3. The lowest BCUT2D eigenvalue weighted by Gasteiger charge is -2.09. The number of pyridine rings is 1. The summed E-state index contributed by atoms with van der Waals surface area (Å²) in [5, 5.41) is 5.02. The zero-order chi connectivity index (χ0) is 26.6. The predicted molar refractivity (Wildman–Crippen MR) is 128 cm³/mol. The number of carbonyl (C=O) groups is 4. The van der Waals surface area contributed by atoms with Crippen molar-refractivity contribution >= 4 is 33.7 Å². The summed E-state index contributed by atoms with van der Waals surface area (Å²) in [5.74, 6) is -2.60. The Kier molecular flexibility index (Phi) is 11.0. The van der Waals surface area contributed by atoms with Crippen LogP contribution in [0.2, 0.25) is 0 Å². The van der Waals surface area contributed by atoms with Crippen molar-refractivity contribution in [2.45, 2.75) is 25.2 Å². The molecule has 0 saturated carbocycles. The van der Waals surface area contributed by atoms with Crippen molar-refractivity contribution in [3.8, 4) is 0 Å². The van der Waals surface area contributed by atoms with Gasteiger partial charge in [0.25, 0.3) is 27.7 Å². The monoisotopic (exact) mass is 520 g/mol. The number of nitrogens with zero attached hydrogens (tertiary/aromatic N) is 1. The van der Waals surface area contributed by atoms with Gasteiger partial charge in [0.1, 0.15) is 12.2 Å². The second-order valence-electron chi connectivity index (χ2n) is 7.19. The SMILES string of the molecule is CCOCCCNC(=O)c1ccc(S(=O)(=O)NC(=O)c2ccc(C(=O)NCC(=O)OCC)nc2)cc1. The number of carbonyl (C=O) groups excluding carboxylic acids is 4. The lowest BCUT2D eigenvalue weighted by Crippen LogP contribution is -2.32. The van der Waals surface area contributed by atoms with E-state index in [0.29, 0.717) is 26.2 Å². The highest BCUT2D eigenvalue weighted by molar-refractivity contribution is 7.90. The van der Waals surface area contributed by atoms with Crippen LogP contribution in [0.25, 0.3) is 0 Å². The molecule has 13 heteroatoms. The van der Waals surface area contributed by atoms with Crippen LogP contribution in [0.15, 0.2) is 47.5 Å². The van der Waals surface area contributed by atoms with Crippen LogP contribution in [0.4, 0.5) is 0 Å². The molecule has 1 aromatic heterocycles. The van der Waals surface area contributed by atoms with Gasteiger partial charge in [-0.15, -0.1) is 0 Å². The van der Waals surface area contributed by atoms with Crippen molar-refractivity contribution in [3.05, 3.63) is 59.4 Å². The maximum Gasteiger partial charge on any atom is 0.325 e. The summed E-state index contributed by atoms with van der Waals surface area (Å²) in [6, 6.07) is 7.52. The van der Waals surface area contributed by atoms with Gasteiger partial charge < -0.3 is 20.1 Å². The summed E-state index contributed by atoms with van der Waals surface area (Å²) in [4.78, 5) is 51.5. The largest absolute Gasteiger partial charge is 0.465 e. The average molecular weight is 521 g/mol. The molecule has 2 rings (SSSR count). The molecule has 0 unspecified atom stereocenters. The molecule has 3 N–H and O–H groups in total. The summed E-state index contributed by atoms with van der Waals surface area (Å²) in [6.45, 7) is 4.87. The first-order valence-corrected chi connectivity index (χ1v) is 12.6. The summed E-state index contributed by atoms with van der Waals surface area (Å²) < 4.78 is 36.9. The average Bonchev–Trinajstić information content (AvgIpc) is 2.87. The number of sulfonamides is 1. The number of rotatable bonds is 13. The number of ether oxygens (including phenoxy) is 2. The van der Waals surface area contributed by atoms with Crippen molar-refractivity contribution in [2.24, 2.45) is 0 Å². The van der Waals surface area contributed by atoms with Crippen LogP contribution in [0.5, 0.6) is 0 Å². The van der Waals surface area contributed by atoms with Gasteiger partial charge in [0.15, 0.2) is 0 Å². The number of aromatic nitrogens is 1. The van der Waals surface area contributed by atoms with Crippen LogP contribution in [-0.4, -0.2) is 70.0 Å². The molecule has 0 aliphatic heterocycles. The van der Waals surface area contributed by atoms with E-state index in [9.17, 15) is 27.6 Å². The van der Waals surface area contributed by atoms with Crippen LogP contribution in [-0.2, 0) is 24.3 Å². The lowest BCUT2D eigenvalue weighted by atomic mass is 10.2. The molecule has 0 saturated heterocycles. The second kappa shape index (κ2) is 13.9. The number of benzene rings is 1. The number of hydrogen-bond donors (Lipinski definition) is 3. The Hall–Kier alpha value is -3.84. The van der Waals surface area contributed by atoms with Gasteiger partial charge in [-0.05, 0) is 56.7 Å². The molecule has 3 amide bonds. The van der Waals surface area contributed by atoms with Gasteiger partial charge in [0, 0.05) is 31.5 Å². The zero-order valence-electron chi connectivity index (χ0n) is 19.9. The third kappa shape index (κ3) is 8.74. The van der Waals surface area contributed by atoms with Gasteiger partial charge in [-0.25, -0.2) is 13.1 Å². The zero-order valence-corrected chi connectivity index (χ0v) is 20.7. The highest BCUT2D eigenvalue weighted by atomic mass is 32.2. The first-order chi connectivity index (χ1) is 17.2. The maximum atomic E-state index is 12.6. The molecule has 0 fully saturated rings. The van der Waals surface area contributed by atoms with Crippen LogP contribution >= 0.6 is 0 Å². The van der Waals surface area contributed by atoms with Crippen LogP contribution < -0.4 is 15.4 Å². The lowest BCUT2D eigenvalue weighted by molar-refractivity contribution is -0.141. The molecule has 0 atom stereocenters. The second-order valence-corrected chi connectivity index (χ2v) is 8.87. The molecule has 0 aliphatic rings. The molecule has 1 aromatic carbocycles. The fourth-order valence-electron chi connectivity index (χ4n) is 2.77. The van der Waals surface area contributed by atoms with E-state index in [-0.39, 0.29) is 40.8 Å². The number of hydrogen-bond acceptors (Lipinski definition) is 9.